The average molecular weight is 281 g/mol. The zero-order valence-corrected chi connectivity index (χ0v) is 12.6. The number of aliphatic hydroxyl groups is 1. The standard InChI is InChI=1S/C16H24FNO2/c1-5-11(2)16(4,20)10-18-15(19)12(3)13-8-6-7-9-14(13)17/h6-9,11-12,20H,5,10H2,1-4H3,(H,18,19). The van der Waals surface area contributed by atoms with Crippen molar-refractivity contribution in [1.82, 2.24) is 5.32 Å². The predicted octanol–water partition coefficient (Wildman–Crippen LogP) is 2.84. The van der Waals surface area contributed by atoms with Crippen molar-refractivity contribution in [2.24, 2.45) is 5.92 Å². The van der Waals surface area contributed by atoms with Gasteiger partial charge in [-0.05, 0) is 31.4 Å². The Kier molecular flexibility index (Phi) is 5.69. The quantitative estimate of drug-likeness (QED) is 0.842. The highest BCUT2D eigenvalue weighted by Gasteiger charge is 2.28. The molecule has 0 aliphatic heterocycles. The van der Waals surface area contributed by atoms with Crippen LogP contribution in [0, 0.1) is 11.7 Å². The molecule has 20 heavy (non-hydrogen) atoms. The van der Waals surface area contributed by atoms with Crippen LogP contribution >= 0.6 is 0 Å². The Morgan fingerprint density at radius 1 is 1.40 bits per heavy atom. The van der Waals surface area contributed by atoms with E-state index in [1.54, 1.807) is 32.0 Å². The van der Waals surface area contributed by atoms with Crippen molar-refractivity contribution in [2.45, 2.75) is 45.6 Å². The minimum absolute atomic E-state index is 0.0755. The molecule has 1 amide bonds. The van der Waals surface area contributed by atoms with Gasteiger partial charge in [0.15, 0.2) is 0 Å². The maximum Gasteiger partial charge on any atom is 0.227 e. The first-order chi connectivity index (χ1) is 9.29. The molecule has 1 rings (SSSR count). The highest BCUT2D eigenvalue weighted by molar-refractivity contribution is 5.83. The van der Waals surface area contributed by atoms with E-state index in [1.807, 2.05) is 13.8 Å². The van der Waals surface area contributed by atoms with Gasteiger partial charge in [-0.1, -0.05) is 38.5 Å². The molecule has 0 saturated heterocycles. The van der Waals surface area contributed by atoms with Crippen molar-refractivity contribution in [3.63, 3.8) is 0 Å². The number of amides is 1. The Morgan fingerprint density at radius 3 is 2.55 bits per heavy atom. The smallest absolute Gasteiger partial charge is 0.227 e. The van der Waals surface area contributed by atoms with Gasteiger partial charge in [-0.2, -0.15) is 0 Å². The zero-order valence-electron chi connectivity index (χ0n) is 12.6. The fourth-order valence-corrected chi connectivity index (χ4v) is 2.00. The number of carbonyl (C=O) groups excluding carboxylic acids is 1. The summed E-state index contributed by atoms with van der Waals surface area (Å²) in [7, 11) is 0. The topological polar surface area (TPSA) is 49.3 Å². The molecule has 0 radical (unpaired) electrons. The van der Waals surface area contributed by atoms with Gasteiger partial charge in [-0.25, -0.2) is 4.39 Å². The fraction of sp³-hybridized carbons (Fsp3) is 0.562. The molecule has 3 atom stereocenters. The molecule has 2 N–H and O–H groups in total. The molecule has 0 aromatic heterocycles. The molecule has 0 aliphatic carbocycles. The van der Waals surface area contributed by atoms with Crippen LogP contribution in [-0.4, -0.2) is 23.2 Å². The lowest BCUT2D eigenvalue weighted by molar-refractivity contribution is -0.123. The van der Waals surface area contributed by atoms with Crippen LogP contribution in [0.3, 0.4) is 0 Å². The van der Waals surface area contributed by atoms with E-state index in [-0.39, 0.29) is 24.2 Å². The van der Waals surface area contributed by atoms with E-state index in [0.717, 1.165) is 6.42 Å². The molecule has 1 aromatic rings. The van der Waals surface area contributed by atoms with Gasteiger partial charge in [0.2, 0.25) is 5.91 Å². The van der Waals surface area contributed by atoms with E-state index in [1.165, 1.54) is 6.07 Å². The number of halogens is 1. The maximum atomic E-state index is 13.6. The van der Waals surface area contributed by atoms with Gasteiger partial charge in [0, 0.05) is 6.54 Å². The third kappa shape index (κ3) is 4.04. The number of rotatable bonds is 6. The van der Waals surface area contributed by atoms with Crippen molar-refractivity contribution in [1.29, 1.82) is 0 Å². The van der Waals surface area contributed by atoms with Crippen LogP contribution in [0.5, 0.6) is 0 Å². The summed E-state index contributed by atoms with van der Waals surface area (Å²) < 4.78 is 13.6. The fourth-order valence-electron chi connectivity index (χ4n) is 2.00. The Bertz CT molecular complexity index is 460. The number of benzene rings is 1. The van der Waals surface area contributed by atoms with Crippen LogP contribution < -0.4 is 5.32 Å². The van der Waals surface area contributed by atoms with Crippen molar-refractivity contribution in [3.05, 3.63) is 35.6 Å². The normalized spacial score (nSPS) is 17.1. The summed E-state index contributed by atoms with van der Waals surface area (Å²) in [5.74, 6) is -1.17. The van der Waals surface area contributed by atoms with E-state index in [9.17, 15) is 14.3 Å². The summed E-state index contributed by atoms with van der Waals surface area (Å²) in [6, 6.07) is 6.25. The van der Waals surface area contributed by atoms with Gasteiger partial charge in [0.05, 0.1) is 11.5 Å². The van der Waals surface area contributed by atoms with E-state index < -0.39 is 11.5 Å². The monoisotopic (exact) mass is 281 g/mol. The zero-order chi connectivity index (χ0) is 15.3. The van der Waals surface area contributed by atoms with Crippen molar-refractivity contribution >= 4 is 5.91 Å². The van der Waals surface area contributed by atoms with E-state index in [0.29, 0.717) is 5.56 Å². The Labute approximate surface area is 120 Å². The van der Waals surface area contributed by atoms with E-state index >= 15 is 0 Å². The number of hydrogen-bond acceptors (Lipinski definition) is 2. The van der Waals surface area contributed by atoms with E-state index in [4.69, 9.17) is 0 Å². The highest BCUT2D eigenvalue weighted by Crippen LogP contribution is 2.21. The van der Waals surface area contributed by atoms with E-state index in [2.05, 4.69) is 5.32 Å². The molecular formula is C16H24FNO2. The van der Waals surface area contributed by atoms with Crippen molar-refractivity contribution in [2.75, 3.05) is 6.54 Å². The van der Waals surface area contributed by atoms with Crippen LogP contribution in [0.1, 0.15) is 45.6 Å². The van der Waals surface area contributed by atoms with Crippen LogP contribution in [0.25, 0.3) is 0 Å². The molecule has 1 aromatic carbocycles. The summed E-state index contributed by atoms with van der Waals surface area (Å²) in [6.07, 6.45) is 0.825. The van der Waals surface area contributed by atoms with Gasteiger partial charge in [-0.15, -0.1) is 0 Å². The molecule has 4 heteroatoms. The molecule has 0 bridgehead atoms. The van der Waals surface area contributed by atoms with Gasteiger partial charge < -0.3 is 10.4 Å². The van der Waals surface area contributed by atoms with Crippen molar-refractivity contribution < 1.29 is 14.3 Å². The molecule has 3 nitrogen and oxygen atoms in total. The first-order valence-corrected chi connectivity index (χ1v) is 7.04. The summed E-state index contributed by atoms with van der Waals surface area (Å²) >= 11 is 0. The van der Waals surface area contributed by atoms with Crippen LogP contribution in [0.2, 0.25) is 0 Å². The van der Waals surface area contributed by atoms with Gasteiger partial charge in [-0.3, -0.25) is 4.79 Å². The molecule has 0 spiro atoms. The lowest BCUT2D eigenvalue weighted by atomic mass is 9.88. The first kappa shape index (κ1) is 16.6. The van der Waals surface area contributed by atoms with Crippen molar-refractivity contribution in [3.8, 4) is 0 Å². The molecule has 3 unspecified atom stereocenters. The highest BCUT2D eigenvalue weighted by atomic mass is 19.1. The van der Waals surface area contributed by atoms with Crippen LogP contribution in [0.15, 0.2) is 24.3 Å². The summed E-state index contributed by atoms with van der Waals surface area (Å²) in [5.41, 5.74) is -0.590. The summed E-state index contributed by atoms with van der Waals surface area (Å²) in [5, 5.41) is 13.0. The second-order valence-corrected chi connectivity index (χ2v) is 5.63. The minimum Gasteiger partial charge on any atom is -0.388 e. The lowest BCUT2D eigenvalue weighted by Gasteiger charge is -2.30. The van der Waals surface area contributed by atoms with Gasteiger partial charge in [0.25, 0.3) is 0 Å². The van der Waals surface area contributed by atoms with Crippen LogP contribution in [-0.2, 0) is 4.79 Å². The molecule has 0 fully saturated rings. The third-order valence-electron chi connectivity index (χ3n) is 4.06. The minimum atomic E-state index is -0.959. The predicted molar refractivity (Wildman–Crippen MR) is 77.9 cm³/mol. The molecule has 0 heterocycles. The Morgan fingerprint density at radius 2 is 2.00 bits per heavy atom. The SMILES string of the molecule is CCC(C)C(C)(O)CNC(=O)C(C)c1ccccc1F. The number of hydrogen-bond donors (Lipinski definition) is 2. The van der Waals surface area contributed by atoms with Crippen LogP contribution in [0.4, 0.5) is 4.39 Å². The second-order valence-electron chi connectivity index (χ2n) is 5.63. The Hall–Kier alpha value is -1.42. The average Bonchev–Trinajstić information content (AvgIpc) is 2.43. The maximum absolute atomic E-state index is 13.6. The Balaban J connectivity index is 2.66. The molecule has 0 aliphatic rings. The summed E-state index contributed by atoms with van der Waals surface area (Å²) in [4.78, 5) is 12.1. The van der Waals surface area contributed by atoms with Gasteiger partial charge >= 0.3 is 0 Å². The summed E-state index contributed by atoms with van der Waals surface area (Å²) in [6.45, 7) is 7.45. The molecule has 112 valence electrons. The first-order valence-electron chi connectivity index (χ1n) is 7.04. The second kappa shape index (κ2) is 6.84. The molecular weight excluding hydrogens is 257 g/mol. The lowest BCUT2D eigenvalue weighted by Crippen LogP contribution is -2.46. The third-order valence-corrected chi connectivity index (χ3v) is 4.06. The number of carbonyl (C=O) groups is 1. The van der Waals surface area contributed by atoms with Gasteiger partial charge in [0.1, 0.15) is 5.82 Å². The largest absolute Gasteiger partial charge is 0.388 e. The molecule has 0 saturated carbocycles. The number of nitrogens with one attached hydrogen (secondary N) is 1.